The molecular weight excluding hydrogens is 404 g/mol. The third kappa shape index (κ3) is 4.39. The van der Waals surface area contributed by atoms with E-state index in [0.717, 1.165) is 16.9 Å². The van der Waals surface area contributed by atoms with Crippen LogP contribution in [0.1, 0.15) is 15.2 Å². The van der Waals surface area contributed by atoms with E-state index in [4.69, 9.17) is 26.2 Å². The van der Waals surface area contributed by atoms with Crippen LogP contribution in [0.25, 0.3) is 10.4 Å². The van der Waals surface area contributed by atoms with Gasteiger partial charge in [0.15, 0.2) is 22.1 Å². The standard InChI is InChI=1S/C20H17ClO6S/c21-16-17(26-9-8-22)19(20(24)25)28-18(16)13-6-7-15(14(23)10-13)27-11-12-4-2-1-3-5-12/h1-7,10,22-23H,8-9,11H2,(H,24,25). The van der Waals surface area contributed by atoms with Crippen LogP contribution in [-0.4, -0.2) is 34.5 Å². The van der Waals surface area contributed by atoms with Gasteiger partial charge in [-0.2, -0.15) is 0 Å². The number of rotatable bonds is 8. The quantitative estimate of drug-likeness (QED) is 0.499. The van der Waals surface area contributed by atoms with Crippen molar-refractivity contribution in [1.29, 1.82) is 0 Å². The highest BCUT2D eigenvalue weighted by molar-refractivity contribution is 7.18. The number of aliphatic hydroxyl groups is 1. The summed E-state index contributed by atoms with van der Waals surface area (Å²) >= 11 is 7.24. The SMILES string of the molecule is O=C(O)c1sc(-c2ccc(OCc3ccccc3)c(O)c2)c(Cl)c1OCCO. The number of thiophene rings is 1. The predicted molar refractivity (Wildman–Crippen MR) is 107 cm³/mol. The molecule has 0 atom stereocenters. The van der Waals surface area contributed by atoms with Crippen molar-refractivity contribution in [3.05, 3.63) is 64.0 Å². The molecule has 0 saturated carbocycles. The summed E-state index contributed by atoms with van der Waals surface area (Å²) in [5.41, 5.74) is 1.49. The molecule has 0 aliphatic rings. The fourth-order valence-corrected chi connectivity index (χ4v) is 3.92. The van der Waals surface area contributed by atoms with Crippen LogP contribution in [0.3, 0.4) is 0 Å². The molecule has 0 unspecified atom stereocenters. The van der Waals surface area contributed by atoms with E-state index in [1.54, 1.807) is 12.1 Å². The Bertz CT molecular complexity index is 970. The van der Waals surface area contributed by atoms with E-state index in [1.807, 2.05) is 30.3 Å². The molecule has 1 aromatic heterocycles. The number of halogens is 1. The summed E-state index contributed by atoms with van der Waals surface area (Å²) in [5.74, 6) is -0.965. The average molecular weight is 421 g/mol. The van der Waals surface area contributed by atoms with Crippen LogP contribution >= 0.6 is 22.9 Å². The molecule has 3 aromatic rings. The van der Waals surface area contributed by atoms with Gasteiger partial charge < -0.3 is 24.8 Å². The molecule has 0 spiro atoms. The second-order valence-electron chi connectivity index (χ2n) is 5.74. The summed E-state index contributed by atoms with van der Waals surface area (Å²) in [6.07, 6.45) is 0. The normalized spacial score (nSPS) is 10.6. The van der Waals surface area contributed by atoms with E-state index in [1.165, 1.54) is 6.07 Å². The topological polar surface area (TPSA) is 96.2 Å². The number of phenolic OH excluding ortho intramolecular Hbond substituents is 1. The third-order valence-corrected chi connectivity index (χ3v) is 5.48. The highest BCUT2D eigenvalue weighted by Gasteiger charge is 2.24. The van der Waals surface area contributed by atoms with Gasteiger partial charge in [-0.05, 0) is 29.3 Å². The van der Waals surface area contributed by atoms with Crippen molar-refractivity contribution in [2.45, 2.75) is 6.61 Å². The van der Waals surface area contributed by atoms with Gasteiger partial charge in [0.05, 0.1) is 11.5 Å². The van der Waals surface area contributed by atoms with E-state index in [2.05, 4.69) is 0 Å². The third-order valence-electron chi connectivity index (χ3n) is 3.80. The number of aliphatic hydroxyl groups excluding tert-OH is 1. The molecule has 0 saturated heterocycles. The summed E-state index contributed by atoms with van der Waals surface area (Å²) in [6, 6.07) is 14.3. The van der Waals surface area contributed by atoms with Crippen molar-refractivity contribution in [3.63, 3.8) is 0 Å². The number of hydrogen-bond donors (Lipinski definition) is 3. The first kappa shape index (κ1) is 20.0. The molecule has 1 heterocycles. The van der Waals surface area contributed by atoms with Crippen LogP contribution in [-0.2, 0) is 6.61 Å². The number of carboxylic acid groups (broad SMARTS) is 1. The Hall–Kier alpha value is -2.74. The summed E-state index contributed by atoms with van der Waals surface area (Å²) < 4.78 is 10.9. The Balaban J connectivity index is 1.86. The predicted octanol–water partition coefficient (Wildman–Crippen LogP) is 4.42. The molecule has 28 heavy (non-hydrogen) atoms. The summed E-state index contributed by atoms with van der Waals surface area (Å²) in [6.45, 7) is -0.0433. The molecule has 0 aliphatic carbocycles. The van der Waals surface area contributed by atoms with Crippen LogP contribution in [0.4, 0.5) is 0 Å². The highest BCUT2D eigenvalue weighted by Crippen LogP contribution is 2.46. The van der Waals surface area contributed by atoms with Gasteiger partial charge in [-0.1, -0.05) is 41.9 Å². The maximum atomic E-state index is 11.5. The van der Waals surface area contributed by atoms with Crippen molar-refractivity contribution in [3.8, 4) is 27.7 Å². The Morgan fingerprint density at radius 2 is 1.86 bits per heavy atom. The fourth-order valence-electron chi connectivity index (χ4n) is 2.52. The summed E-state index contributed by atoms with van der Waals surface area (Å²) in [4.78, 5) is 11.8. The molecule has 6 nitrogen and oxygen atoms in total. The molecule has 146 valence electrons. The van der Waals surface area contributed by atoms with E-state index in [-0.39, 0.29) is 34.6 Å². The maximum absolute atomic E-state index is 11.5. The van der Waals surface area contributed by atoms with Crippen LogP contribution in [0.2, 0.25) is 5.02 Å². The van der Waals surface area contributed by atoms with E-state index in [9.17, 15) is 15.0 Å². The molecule has 2 aromatic carbocycles. The lowest BCUT2D eigenvalue weighted by Crippen LogP contribution is -2.04. The van der Waals surface area contributed by atoms with Gasteiger partial charge in [-0.25, -0.2) is 4.79 Å². The largest absolute Gasteiger partial charge is 0.504 e. The molecule has 0 bridgehead atoms. The number of ether oxygens (including phenoxy) is 2. The van der Waals surface area contributed by atoms with Gasteiger partial charge in [-0.15, -0.1) is 11.3 Å². The number of carboxylic acids is 1. The number of hydrogen-bond acceptors (Lipinski definition) is 6. The minimum absolute atomic E-state index is 0.00658. The van der Waals surface area contributed by atoms with Crippen molar-refractivity contribution in [2.24, 2.45) is 0 Å². The molecule has 3 rings (SSSR count). The van der Waals surface area contributed by atoms with E-state index < -0.39 is 5.97 Å². The van der Waals surface area contributed by atoms with Crippen molar-refractivity contribution in [1.82, 2.24) is 0 Å². The zero-order valence-corrected chi connectivity index (χ0v) is 16.2. The smallest absolute Gasteiger partial charge is 0.349 e. The van der Waals surface area contributed by atoms with Gasteiger partial charge in [-0.3, -0.25) is 0 Å². The Labute approximate surface area is 170 Å². The zero-order chi connectivity index (χ0) is 20.1. The van der Waals surface area contributed by atoms with Gasteiger partial charge in [0.1, 0.15) is 18.2 Å². The summed E-state index contributed by atoms with van der Waals surface area (Å²) in [7, 11) is 0. The van der Waals surface area contributed by atoms with Crippen LogP contribution in [0.5, 0.6) is 17.2 Å². The van der Waals surface area contributed by atoms with Gasteiger partial charge in [0.25, 0.3) is 0 Å². The lowest BCUT2D eigenvalue weighted by Gasteiger charge is -2.09. The number of carbonyl (C=O) groups is 1. The number of aromatic carboxylic acids is 1. The Morgan fingerprint density at radius 1 is 1.11 bits per heavy atom. The van der Waals surface area contributed by atoms with Gasteiger partial charge in [0, 0.05) is 0 Å². The maximum Gasteiger partial charge on any atom is 0.349 e. The molecule has 0 fully saturated rings. The van der Waals surface area contributed by atoms with Gasteiger partial charge in [0.2, 0.25) is 0 Å². The molecule has 0 radical (unpaired) electrons. The first-order chi connectivity index (χ1) is 13.5. The molecule has 3 N–H and O–H groups in total. The molecule has 8 heteroatoms. The van der Waals surface area contributed by atoms with Gasteiger partial charge >= 0.3 is 5.97 Å². The zero-order valence-electron chi connectivity index (χ0n) is 14.6. The Morgan fingerprint density at radius 3 is 2.50 bits per heavy atom. The minimum atomic E-state index is -1.18. The summed E-state index contributed by atoms with van der Waals surface area (Å²) in [5, 5.41) is 28.7. The van der Waals surface area contributed by atoms with Crippen molar-refractivity contribution in [2.75, 3.05) is 13.2 Å². The average Bonchev–Trinajstić information content (AvgIpc) is 3.03. The second kappa shape index (κ2) is 8.97. The van der Waals surface area contributed by atoms with Crippen LogP contribution < -0.4 is 9.47 Å². The number of benzene rings is 2. The van der Waals surface area contributed by atoms with Crippen molar-refractivity contribution < 1.29 is 29.6 Å². The first-order valence-electron chi connectivity index (χ1n) is 8.30. The first-order valence-corrected chi connectivity index (χ1v) is 9.50. The highest BCUT2D eigenvalue weighted by atomic mass is 35.5. The number of phenols is 1. The fraction of sp³-hybridized carbons (Fsp3) is 0.150. The van der Waals surface area contributed by atoms with Crippen molar-refractivity contribution >= 4 is 28.9 Å². The van der Waals surface area contributed by atoms with E-state index >= 15 is 0 Å². The van der Waals surface area contributed by atoms with E-state index in [0.29, 0.717) is 22.8 Å². The number of aromatic hydroxyl groups is 1. The minimum Gasteiger partial charge on any atom is -0.504 e. The Kier molecular flexibility index (Phi) is 6.41. The lowest BCUT2D eigenvalue weighted by atomic mass is 10.1. The van der Waals surface area contributed by atoms with Crippen LogP contribution in [0, 0.1) is 0 Å². The monoisotopic (exact) mass is 420 g/mol. The molecular formula is C20H17ClO6S. The molecule has 0 aliphatic heterocycles. The second-order valence-corrected chi connectivity index (χ2v) is 7.14. The van der Waals surface area contributed by atoms with Crippen LogP contribution in [0.15, 0.2) is 48.5 Å². The molecule has 0 amide bonds. The lowest BCUT2D eigenvalue weighted by molar-refractivity contribution is 0.0696.